The molecule has 0 aliphatic rings. The van der Waals surface area contributed by atoms with Crippen LogP contribution in [0.1, 0.15) is 25.2 Å². The van der Waals surface area contributed by atoms with Crippen LogP contribution >= 0.6 is 24.4 Å². The Hall–Kier alpha value is -0.480. The molecule has 0 aliphatic heterocycles. The normalized spacial score (nSPS) is 10.2. The van der Waals surface area contributed by atoms with E-state index in [1.165, 1.54) is 0 Å². The largest absolute Gasteiger partial charge is 0.346 e. The number of hydrogen-bond donors (Lipinski definition) is 2. The molecule has 0 amide bonds. The zero-order valence-corrected chi connectivity index (χ0v) is 8.86. The Morgan fingerprint density at radius 2 is 1.25 bits per heavy atom. The Morgan fingerprint density at radius 1 is 0.917 bits per heavy atom. The molecule has 12 heavy (non-hydrogen) atoms. The van der Waals surface area contributed by atoms with Gasteiger partial charge in [0.15, 0.2) is 0 Å². The summed E-state index contributed by atoms with van der Waals surface area (Å²) in [7, 11) is 0. The minimum absolute atomic E-state index is 0.638. The number of aromatic nitrogens is 2. The molecule has 1 heterocycles. The number of nitrogens with one attached hydrogen (secondary N) is 2. The molecule has 1 aromatic heterocycles. The molecular weight excluding hydrogens is 188 g/mol. The molecule has 66 valence electrons. The van der Waals surface area contributed by atoms with Gasteiger partial charge in [0.05, 0.1) is 0 Å². The topological polar surface area (TPSA) is 31.6 Å². The molecule has 1 rings (SSSR count). The van der Waals surface area contributed by atoms with E-state index in [2.05, 4.69) is 23.8 Å². The van der Waals surface area contributed by atoms with Gasteiger partial charge in [-0.2, -0.15) is 0 Å². The molecule has 2 N–H and O–H groups in total. The van der Waals surface area contributed by atoms with Crippen molar-refractivity contribution in [3.05, 3.63) is 20.7 Å². The van der Waals surface area contributed by atoms with Gasteiger partial charge in [-0.25, -0.2) is 0 Å². The Kier molecular flexibility index (Phi) is 3.17. The van der Waals surface area contributed by atoms with Gasteiger partial charge in [0.25, 0.3) is 0 Å². The average molecular weight is 200 g/mol. The summed E-state index contributed by atoms with van der Waals surface area (Å²) in [5.41, 5.74) is 2.33. The summed E-state index contributed by atoms with van der Waals surface area (Å²) in [4.78, 5) is 6.25. The summed E-state index contributed by atoms with van der Waals surface area (Å²) in [6.07, 6.45) is 1.91. The molecule has 1 aromatic rings. The van der Waals surface area contributed by atoms with E-state index in [-0.39, 0.29) is 0 Å². The first kappa shape index (κ1) is 9.61. The zero-order chi connectivity index (χ0) is 9.14. The van der Waals surface area contributed by atoms with E-state index in [9.17, 15) is 0 Å². The molecule has 0 radical (unpaired) electrons. The highest BCUT2D eigenvalue weighted by Gasteiger charge is 1.98. The SMILES string of the molecule is CCc1[nH]c(=S)c(=S)[nH]c1CC. The molecule has 4 heteroatoms. The maximum Gasteiger partial charge on any atom is 0.138 e. The van der Waals surface area contributed by atoms with E-state index in [0.717, 1.165) is 24.2 Å². The summed E-state index contributed by atoms with van der Waals surface area (Å²) < 4.78 is 1.28. The summed E-state index contributed by atoms with van der Waals surface area (Å²) in [5, 5.41) is 0. The van der Waals surface area contributed by atoms with Crippen molar-refractivity contribution in [3.8, 4) is 0 Å². The first-order valence-corrected chi connectivity index (χ1v) is 4.85. The number of H-pyrrole nitrogens is 2. The van der Waals surface area contributed by atoms with Gasteiger partial charge in [-0.1, -0.05) is 38.3 Å². The third-order valence-corrected chi connectivity index (χ3v) is 2.55. The number of rotatable bonds is 2. The van der Waals surface area contributed by atoms with E-state index in [4.69, 9.17) is 24.4 Å². The van der Waals surface area contributed by atoms with Gasteiger partial charge in [-0.15, -0.1) is 0 Å². The number of aryl methyl sites for hydroxylation is 2. The van der Waals surface area contributed by atoms with Gasteiger partial charge >= 0.3 is 0 Å². The standard InChI is InChI=1S/C8H12N2S2/c1-3-5-6(4-2)10-8(12)7(11)9-5/h3-4H2,1-2H3,(H,9,11)(H,10,12). The van der Waals surface area contributed by atoms with Crippen LogP contribution < -0.4 is 0 Å². The zero-order valence-electron chi connectivity index (χ0n) is 7.23. The highest BCUT2D eigenvalue weighted by molar-refractivity contribution is 7.73. The molecule has 0 bridgehead atoms. The van der Waals surface area contributed by atoms with Gasteiger partial charge in [0.2, 0.25) is 0 Å². The molecule has 0 atom stereocenters. The van der Waals surface area contributed by atoms with Crippen molar-refractivity contribution >= 4 is 24.4 Å². The molecule has 0 saturated carbocycles. The van der Waals surface area contributed by atoms with Crippen molar-refractivity contribution in [2.75, 3.05) is 0 Å². The fourth-order valence-corrected chi connectivity index (χ4v) is 1.49. The molecule has 0 saturated heterocycles. The maximum absolute atomic E-state index is 5.02. The molecule has 0 spiro atoms. The fraction of sp³-hybridized carbons (Fsp3) is 0.500. The van der Waals surface area contributed by atoms with Gasteiger partial charge in [-0.05, 0) is 12.8 Å². The van der Waals surface area contributed by atoms with Crippen LogP contribution in [0.2, 0.25) is 0 Å². The minimum atomic E-state index is 0.638. The smallest absolute Gasteiger partial charge is 0.138 e. The summed E-state index contributed by atoms with van der Waals surface area (Å²) >= 11 is 10.0. The first-order valence-electron chi connectivity index (χ1n) is 4.03. The lowest BCUT2D eigenvalue weighted by Gasteiger charge is -2.04. The van der Waals surface area contributed by atoms with Gasteiger partial charge < -0.3 is 9.97 Å². The highest BCUT2D eigenvalue weighted by Crippen LogP contribution is 2.04. The molecule has 0 aromatic carbocycles. The van der Waals surface area contributed by atoms with Crippen molar-refractivity contribution < 1.29 is 0 Å². The van der Waals surface area contributed by atoms with Crippen LogP contribution in [0.3, 0.4) is 0 Å². The van der Waals surface area contributed by atoms with Crippen molar-refractivity contribution in [2.45, 2.75) is 26.7 Å². The maximum atomic E-state index is 5.02. The second-order valence-electron chi connectivity index (χ2n) is 2.57. The highest BCUT2D eigenvalue weighted by atomic mass is 32.1. The van der Waals surface area contributed by atoms with E-state index in [1.807, 2.05) is 0 Å². The van der Waals surface area contributed by atoms with E-state index < -0.39 is 0 Å². The van der Waals surface area contributed by atoms with Gasteiger partial charge in [0.1, 0.15) is 9.28 Å². The van der Waals surface area contributed by atoms with Crippen LogP contribution in [0.15, 0.2) is 0 Å². The van der Waals surface area contributed by atoms with Crippen molar-refractivity contribution in [2.24, 2.45) is 0 Å². The quantitative estimate of drug-likeness (QED) is 0.719. The summed E-state index contributed by atoms with van der Waals surface area (Å²) in [6, 6.07) is 0. The lowest BCUT2D eigenvalue weighted by atomic mass is 10.2. The van der Waals surface area contributed by atoms with Crippen LogP contribution in [-0.4, -0.2) is 9.97 Å². The predicted molar refractivity (Wildman–Crippen MR) is 55.6 cm³/mol. The van der Waals surface area contributed by atoms with Crippen molar-refractivity contribution in [1.29, 1.82) is 0 Å². The van der Waals surface area contributed by atoms with Crippen molar-refractivity contribution in [3.63, 3.8) is 0 Å². The van der Waals surface area contributed by atoms with Gasteiger partial charge in [0, 0.05) is 11.4 Å². The van der Waals surface area contributed by atoms with Crippen LogP contribution in [0.25, 0.3) is 0 Å². The number of aromatic amines is 2. The molecule has 0 fully saturated rings. The second kappa shape index (κ2) is 3.96. The molecule has 2 nitrogen and oxygen atoms in total. The third kappa shape index (κ3) is 1.81. The lowest BCUT2D eigenvalue weighted by molar-refractivity contribution is 0.891. The Balaban J connectivity index is 3.39. The Morgan fingerprint density at radius 3 is 1.50 bits per heavy atom. The van der Waals surface area contributed by atoms with E-state index >= 15 is 0 Å². The van der Waals surface area contributed by atoms with Crippen LogP contribution in [0.4, 0.5) is 0 Å². The summed E-state index contributed by atoms with van der Waals surface area (Å²) in [6.45, 7) is 4.19. The van der Waals surface area contributed by atoms with Crippen LogP contribution in [0, 0.1) is 9.28 Å². The lowest BCUT2D eigenvalue weighted by Crippen LogP contribution is -1.99. The Labute approximate surface area is 82.0 Å². The molecular formula is C8H12N2S2. The van der Waals surface area contributed by atoms with Crippen LogP contribution in [0.5, 0.6) is 0 Å². The summed E-state index contributed by atoms with van der Waals surface area (Å²) in [5.74, 6) is 0. The third-order valence-electron chi connectivity index (χ3n) is 1.81. The average Bonchev–Trinajstić information content (AvgIpc) is 2.09. The minimum Gasteiger partial charge on any atom is -0.346 e. The van der Waals surface area contributed by atoms with E-state index in [0.29, 0.717) is 9.28 Å². The van der Waals surface area contributed by atoms with Crippen molar-refractivity contribution in [1.82, 2.24) is 9.97 Å². The Bertz CT molecular complexity index is 338. The van der Waals surface area contributed by atoms with Gasteiger partial charge in [-0.3, -0.25) is 0 Å². The first-order chi connectivity index (χ1) is 5.69. The fourth-order valence-electron chi connectivity index (χ4n) is 1.14. The predicted octanol–water partition coefficient (Wildman–Crippen LogP) is 2.93. The second-order valence-corrected chi connectivity index (χ2v) is 3.39. The van der Waals surface area contributed by atoms with Crippen LogP contribution in [-0.2, 0) is 12.8 Å². The monoisotopic (exact) mass is 200 g/mol. The molecule has 0 unspecified atom stereocenters. The molecule has 0 aliphatic carbocycles. The van der Waals surface area contributed by atoms with E-state index in [1.54, 1.807) is 0 Å². The number of hydrogen-bond acceptors (Lipinski definition) is 2.